The Kier molecular flexibility index (Phi) is 18.4. The summed E-state index contributed by atoms with van der Waals surface area (Å²) in [6, 6.07) is 120. The first kappa shape index (κ1) is 61.0. The summed E-state index contributed by atoms with van der Waals surface area (Å²) in [5, 5.41) is 0. The molecular formula is C85H52IrN5OPt. The van der Waals surface area contributed by atoms with E-state index in [-0.39, 0.29) is 41.2 Å². The second-order valence-electron chi connectivity index (χ2n) is 21.9. The molecule has 4 heterocycles. The summed E-state index contributed by atoms with van der Waals surface area (Å²) in [5.74, 6) is 1.16. The van der Waals surface area contributed by atoms with Crippen molar-refractivity contribution in [3.05, 3.63) is 346 Å². The van der Waals surface area contributed by atoms with Crippen LogP contribution in [0, 0.1) is 30.3 Å². The third-order valence-corrected chi connectivity index (χ3v) is 16.2. The maximum atomic E-state index is 6.34. The quantitative estimate of drug-likeness (QED) is 0.0953. The minimum atomic E-state index is 0. The Bertz CT molecular complexity index is 4890. The fraction of sp³-hybridized carbons (Fsp3) is 0. The largest absolute Gasteiger partial charge is 3.00 e. The number of hydrogen-bond acceptors (Lipinski definition) is 6. The third kappa shape index (κ3) is 13.5. The molecule has 0 N–H and O–H groups in total. The van der Waals surface area contributed by atoms with E-state index in [4.69, 9.17) is 14.7 Å². The van der Waals surface area contributed by atoms with Crippen LogP contribution in [-0.4, -0.2) is 24.9 Å². The first-order valence-corrected chi connectivity index (χ1v) is 30.1. The van der Waals surface area contributed by atoms with E-state index in [9.17, 15) is 0 Å². The van der Waals surface area contributed by atoms with E-state index < -0.39 is 0 Å². The van der Waals surface area contributed by atoms with Crippen LogP contribution in [0.5, 0.6) is 11.8 Å². The molecule has 11 aromatic carbocycles. The summed E-state index contributed by atoms with van der Waals surface area (Å²) in [4.78, 5) is 23.5. The van der Waals surface area contributed by atoms with Crippen LogP contribution in [0.1, 0.15) is 0 Å². The first-order chi connectivity index (χ1) is 45.1. The summed E-state index contributed by atoms with van der Waals surface area (Å²) < 4.78 is 6.34. The zero-order valence-corrected chi connectivity index (χ0v) is 54.5. The second kappa shape index (κ2) is 28.1. The average molecular weight is 1550 g/mol. The van der Waals surface area contributed by atoms with Crippen LogP contribution in [0.4, 0.5) is 0 Å². The van der Waals surface area contributed by atoms with E-state index in [1.165, 1.54) is 16.7 Å². The molecule has 0 aliphatic heterocycles. The van der Waals surface area contributed by atoms with E-state index in [0.717, 1.165) is 117 Å². The number of rotatable bonds is 15. The van der Waals surface area contributed by atoms with Crippen LogP contribution in [0.2, 0.25) is 0 Å². The molecule has 442 valence electrons. The Morgan fingerprint density at radius 1 is 0.258 bits per heavy atom. The average Bonchev–Trinajstić information content (AvgIpc) is 0.836. The van der Waals surface area contributed by atoms with Gasteiger partial charge < -0.3 is 19.7 Å². The van der Waals surface area contributed by atoms with Crippen LogP contribution in [0.3, 0.4) is 0 Å². The molecule has 6 nitrogen and oxygen atoms in total. The maximum absolute atomic E-state index is 6.34. The van der Waals surface area contributed by atoms with Gasteiger partial charge >= 0.3 is 41.2 Å². The van der Waals surface area contributed by atoms with Gasteiger partial charge in [0.25, 0.3) is 0 Å². The van der Waals surface area contributed by atoms with Crippen molar-refractivity contribution in [2.24, 2.45) is 0 Å². The predicted molar refractivity (Wildman–Crippen MR) is 367 cm³/mol. The molecule has 0 fully saturated rings. The van der Waals surface area contributed by atoms with Gasteiger partial charge in [0.15, 0.2) is 0 Å². The number of ether oxygens (including phenoxy) is 1. The normalized spacial score (nSPS) is 10.8. The molecule has 0 saturated carbocycles. The summed E-state index contributed by atoms with van der Waals surface area (Å²) in [5.41, 5.74) is 25.4. The SMILES string of the molecule is [Ir+3].[Pt+2].[c-]1cc(-c2ccccc2-c2cc(-c3ccccc3-c3c[c-]c(-c4ccccn4)cc3)cc(-c3ccccc3-c3c[c-]c(-c4ccccn4)cc3)c2)c[c-]c1-c1nccc(Oc2cccc(-c3[c-]ccc(-c4ccc(-c5ccc(-c6ccccc6)cc5)cc4)c3)n2)n1. The van der Waals surface area contributed by atoms with E-state index in [2.05, 4.69) is 258 Å². The van der Waals surface area contributed by atoms with Gasteiger partial charge in [-0.2, -0.15) is 5.56 Å². The van der Waals surface area contributed by atoms with E-state index in [0.29, 0.717) is 23.1 Å². The molecule has 0 spiro atoms. The smallest absolute Gasteiger partial charge is 0.423 e. The third-order valence-electron chi connectivity index (χ3n) is 16.2. The molecule has 0 atom stereocenters. The van der Waals surface area contributed by atoms with Gasteiger partial charge in [-0.3, -0.25) is 22.1 Å². The zero-order chi connectivity index (χ0) is 60.7. The molecule has 93 heavy (non-hydrogen) atoms. The molecule has 0 saturated heterocycles. The van der Waals surface area contributed by atoms with Gasteiger partial charge in [0.2, 0.25) is 11.8 Å². The Hall–Kier alpha value is -10.9. The standard InChI is InChI=1S/C85H52N5O.Ir.Pt/c1-2-16-58(17-3-1)59-30-32-60(33-31-59)61-34-36-62(37-35-61)69-18-14-19-70(54-69)82-28-15-29-83(89-82)91-84-50-53-88-85(90-84)68-48-42-65(43-49-68)76-22-6-9-25-79(76)73-56-71(77-23-7-4-20-74(77)63-38-44-66(45-39-63)80-26-10-12-51-86-80)55-72(57-73)78-24-8-5-21-75(78)64-40-46-67(47-41-64)81-27-11-13-52-87-81;;/h1-18,20-44,46,50-57H;;/q-5;+3;+2. The Labute approximate surface area is 569 Å². The number of aromatic nitrogens is 5. The van der Waals surface area contributed by atoms with Crippen molar-refractivity contribution in [1.29, 1.82) is 0 Å². The van der Waals surface area contributed by atoms with Crippen molar-refractivity contribution in [2.45, 2.75) is 0 Å². The number of pyridine rings is 3. The van der Waals surface area contributed by atoms with Gasteiger partial charge in [-0.1, -0.05) is 216 Å². The van der Waals surface area contributed by atoms with E-state index in [1.807, 2.05) is 91.3 Å². The molecule has 15 aromatic rings. The van der Waals surface area contributed by atoms with Gasteiger partial charge in [-0.05, 0) is 121 Å². The summed E-state index contributed by atoms with van der Waals surface area (Å²) in [6.45, 7) is 0. The van der Waals surface area contributed by atoms with E-state index >= 15 is 0 Å². The maximum Gasteiger partial charge on any atom is 3.00 e. The van der Waals surface area contributed by atoms with Crippen molar-refractivity contribution in [3.8, 4) is 157 Å². The second-order valence-corrected chi connectivity index (χ2v) is 21.9. The molecule has 0 amide bonds. The minimum Gasteiger partial charge on any atom is -0.423 e. The first-order valence-electron chi connectivity index (χ1n) is 30.1. The van der Waals surface area contributed by atoms with Crippen molar-refractivity contribution >= 4 is 0 Å². The van der Waals surface area contributed by atoms with Crippen LogP contribution in [0.15, 0.2) is 316 Å². The Morgan fingerprint density at radius 3 is 1.16 bits per heavy atom. The van der Waals surface area contributed by atoms with Crippen molar-refractivity contribution in [3.63, 3.8) is 0 Å². The van der Waals surface area contributed by atoms with Gasteiger partial charge in [0, 0.05) is 24.7 Å². The summed E-state index contributed by atoms with van der Waals surface area (Å²) >= 11 is 0. The molecule has 15 rings (SSSR count). The minimum absolute atomic E-state index is 0. The Morgan fingerprint density at radius 2 is 0.677 bits per heavy atom. The number of nitrogens with zero attached hydrogens (tertiary/aromatic N) is 5. The van der Waals surface area contributed by atoms with Crippen molar-refractivity contribution in [2.75, 3.05) is 0 Å². The molecular weight excluding hydrogens is 1490 g/mol. The molecule has 0 aliphatic rings. The van der Waals surface area contributed by atoms with Gasteiger partial charge in [0.1, 0.15) is 0 Å². The van der Waals surface area contributed by atoms with Crippen LogP contribution in [0.25, 0.3) is 145 Å². The fourth-order valence-corrected chi connectivity index (χ4v) is 11.7. The molecule has 0 bridgehead atoms. The zero-order valence-electron chi connectivity index (χ0n) is 49.8. The molecule has 0 aliphatic carbocycles. The van der Waals surface area contributed by atoms with Crippen molar-refractivity contribution in [1.82, 2.24) is 24.9 Å². The predicted octanol–water partition coefficient (Wildman–Crippen LogP) is 21.1. The van der Waals surface area contributed by atoms with E-state index in [1.54, 1.807) is 12.3 Å². The van der Waals surface area contributed by atoms with Crippen LogP contribution in [-0.2, 0) is 41.2 Å². The molecule has 0 unspecified atom stereocenters. The van der Waals surface area contributed by atoms with Crippen LogP contribution >= 0.6 is 0 Å². The summed E-state index contributed by atoms with van der Waals surface area (Å²) in [7, 11) is 0. The topological polar surface area (TPSA) is 73.7 Å². The fourth-order valence-electron chi connectivity index (χ4n) is 11.7. The molecule has 0 radical (unpaired) electrons. The number of benzene rings is 11. The number of hydrogen-bond donors (Lipinski definition) is 0. The Balaban J connectivity index is 0.00000394. The van der Waals surface area contributed by atoms with Gasteiger partial charge in [-0.25, -0.2) is 17.7 Å². The molecule has 8 heteroatoms. The molecule has 4 aromatic heterocycles. The van der Waals surface area contributed by atoms with Gasteiger partial charge in [-0.15, -0.1) is 95.1 Å². The van der Waals surface area contributed by atoms with Gasteiger partial charge in [0.05, 0.1) is 0 Å². The van der Waals surface area contributed by atoms with Crippen LogP contribution < -0.4 is 4.74 Å². The van der Waals surface area contributed by atoms with Crippen molar-refractivity contribution < 1.29 is 45.9 Å². The summed E-state index contributed by atoms with van der Waals surface area (Å²) in [6.07, 6.45) is 5.31. The monoisotopic (exact) mass is 1550 g/mol.